The standard InChI is InChI=1S/2C33H45N3O6.ClHO4.Gd.2Ni/c2*1-22-13-25(31(37)28(16-22)40-4)19-34-7-9-35(20-26-14-23(2)17-29(41-5)32(26)38)11-12-36(10-8-34)21-27-15-24(3)18-30(42-6)33(27)39;2-1(3,4)5;;;/h2*13-18,37-39H,7-12,19-21H2,1-6H3;(H,2,3,4,5);;;/q;;;+3;2*+2/p-7. The van der Waals surface area contributed by atoms with Crippen LogP contribution in [0.1, 0.15) is 66.8 Å². The third kappa shape index (κ3) is 24.4. The van der Waals surface area contributed by atoms with Crippen LogP contribution in [0, 0.1) is 91.7 Å². The Morgan fingerprint density at radius 1 is 0.272 bits per heavy atom. The molecular weight excluding hydrogens is 1440 g/mol. The van der Waals surface area contributed by atoms with Gasteiger partial charge in [0.25, 0.3) is 0 Å². The molecule has 0 bridgehead atoms. The van der Waals surface area contributed by atoms with Gasteiger partial charge in [0, 0.05) is 118 Å². The second-order valence-electron chi connectivity index (χ2n) is 22.8. The quantitative estimate of drug-likeness (QED) is 0.106. The van der Waals surface area contributed by atoms with Gasteiger partial charge in [-0.05, 0) is 145 Å². The smallest absolute Gasteiger partial charge is 0.870 e. The molecule has 0 spiro atoms. The van der Waals surface area contributed by atoms with Gasteiger partial charge in [-0.3, -0.25) is 29.4 Å². The van der Waals surface area contributed by atoms with Crippen molar-refractivity contribution in [1.29, 1.82) is 0 Å². The third-order valence-electron chi connectivity index (χ3n) is 15.7. The van der Waals surface area contributed by atoms with Crippen LogP contribution in [0.25, 0.3) is 0 Å². The predicted molar refractivity (Wildman–Crippen MR) is 315 cm³/mol. The Balaban J connectivity index is 0.000000434. The molecular formula is C66H84ClGdN6Ni2O16. The fraction of sp³-hybridized carbons (Fsp3) is 0.455. The predicted octanol–water partition coefficient (Wildman–Crippen LogP) is 0.596. The maximum atomic E-state index is 13.1. The number of nitrogens with zero attached hydrogens (tertiary/aromatic N) is 6. The van der Waals surface area contributed by atoms with Crippen molar-refractivity contribution < 1.29 is 161 Å². The first kappa shape index (κ1) is 81.4. The number of benzene rings is 6. The van der Waals surface area contributed by atoms with Gasteiger partial charge in [0.05, 0.1) is 42.7 Å². The summed E-state index contributed by atoms with van der Waals surface area (Å²) >= 11 is 0. The van der Waals surface area contributed by atoms with E-state index in [9.17, 15) is 30.6 Å². The van der Waals surface area contributed by atoms with Crippen molar-refractivity contribution >= 4 is 0 Å². The molecule has 2 fully saturated rings. The Morgan fingerprint density at radius 3 is 0.478 bits per heavy atom. The van der Waals surface area contributed by atoms with Gasteiger partial charge >= 0.3 is 72.9 Å². The number of aryl methyl sites for hydroxylation is 6. The largest absolute Gasteiger partial charge is 3.00 e. The van der Waals surface area contributed by atoms with E-state index in [0.29, 0.717) is 186 Å². The summed E-state index contributed by atoms with van der Waals surface area (Å²) in [4.78, 5) is 13.6. The van der Waals surface area contributed by atoms with Crippen molar-refractivity contribution in [2.75, 3.05) is 121 Å². The summed E-state index contributed by atoms with van der Waals surface area (Å²) in [6.45, 7) is 23.2. The van der Waals surface area contributed by atoms with Gasteiger partial charge in [-0.1, -0.05) is 70.9 Å². The average Bonchev–Trinajstić information content (AvgIpc) is 1.41. The van der Waals surface area contributed by atoms with Gasteiger partial charge < -0.3 is 59.1 Å². The molecule has 0 aromatic heterocycles. The van der Waals surface area contributed by atoms with Crippen molar-refractivity contribution in [2.45, 2.75) is 80.8 Å². The van der Waals surface area contributed by atoms with Gasteiger partial charge in [-0.25, -0.2) is 18.6 Å². The van der Waals surface area contributed by atoms with Gasteiger partial charge in [0.2, 0.25) is 0 Å². The molecule has 22 nitrogen and oxygen atoms in total. The normalized spacial score (nSPS) is 14.9. The minimum Gasteiger partial charge on any atom is -0.870 e. The Labute approximate surface area is 596 Å². The Kier molecular flexibility index (Phi) is 34.1. The van der Waals surface area contributed by atoms with Gasteiger partial charge in [0.15, 0.2) is 0 Å². The SMILES string of the molecule is COc1cc(C)cc(CN2CCN(Cc3cc(C)cc(OC)c3[O-])CCN(Cc3cc(C)cc(OC)c3[O-])CC2)c1[O-].COc1cc(C)cc(CN2CCN(Cc3cc(C)cc(OC)c3[O-])CCN(Cc3cc(C)cc(OC)c3[O-])CC2)c1[O-].[Gd+3].[Ni+2].[Ni+2].[O-][Cl+3]([O-])([O-])[O-]. The van der Waals surface area contributed by atoms with Gasteiger partial charge in [0.1, 0.15) is 34.5 Å². The molecule has 0 unspecified atom stereocenters. The fourth-order valence-corrected chi connectivity index (χ4v) is 11.3. The van der Waals surface area contributed by atoms with Gasteiger partial charge in [-0.15, -0.1) is 10.2 Å². The molecule has 6 aromatic carbocycles. The molecule has 2 heterocycles. The Hall–Kier alpha value is -4.88. The van der Waals surface area contributed by atoms with Crippen LogP contribution in [0.15, 0.2) is 72.8 Å². The summed E-state index contributed by atoms with van der Waals surface area (Å²) in [5.74, 6) is 1.54. The van der Waals surface area contributed by atoms with E-state index in [1.807, 2.05) is 77.9 Å². The van der Waals surface area contributed by atoms with Crippen LogP contribution in [-0.4, -0.2) is 151 Å². The monoisotopic (exact) mass is 1530 g/mol. The molecule has 0 N–H and O–H groups in total. The van der Waals surface area contributed by atoms with Crippen LogP contribution in [0.4, 0.5) is 0 Å². The molecule has 2 aliphatic heterocycles. The zero-order valence-corrected chi connectivity index (χ0v) is 59.2. The Morgan fingerprint density at radius 2 is 0.380 bits per heavy atom. The molecule has 2 saturated heterocycles. The number of rotatable bonds is 18. The molecule has 0 aliphatic carbocycles. The molecule has 0 amide bonds. The minimum atomic E-state index is -4.94. The number of hydrogen-bond acceptors (Lipinski definition) is 22. The average molecular weight is 1530 g/mol. The number of ether oxygens (including phenoxy) is 6. The summed E-state index contributed by atoms with van der Waals surface area (Å²) in [6.07, 6.45) is 0. The first-order valence-electron chi connectivity index (χ1n) is 29.3. The number of halogens is 1. The van der Waals surface area contributed by atoms with E-state index in [0.717, 1.165) is 33.4 Å². The van der Waals surface area contributed by atoms with Crippen molar-refractivity contribution in [3.63, 3.8) is 0 Å². The van der Waals surface area contributed by atoms with Crippen molar-refractivity contribution in [3.8, 4) is 69.0 Å². The molecule has 509 valence electrons. The first-order chi connectivity index (χ1) is 42.2. The van der Waals surface area contributed by atoms with Crippen LogP contribution in [0.3, 0.4) is 0 Å². The summed E-state index contributed by atoms with van der Waals surface area (Å²) < 4.78 is 66.0. The summed E-state index contributed by atoms with van der Waals surface area (Å²) in [5, 5.41) is 78.3. The molecule has 0 atom stereocenters. The third-order valence-corrected chi connectivity index (χ3v) is 15.7. The van der Waals surface area contributed by atoms with E-state index >= 15 is 0 Å². The zero-order valence-electron chi connectivity index (χ0n) is 54.2. The molecule has 26 heteroatoms. The van der Waals surface area contributed by atoms with Crippen LogP contribution in [0.5, 0.6) is 69.0 Å². The molecule has 8 rings (SSSR count). The molecule has 6 aromatic rings. The molecule has 1 radical (unpaired) electrons. The maximum Gasteiger partial charge on any atom is 3.00 e. The zero-order chi connectivity index (χ0) is 65.3. The van der Waals surface area contributed by atoms with Crippen LogP contribution in [-0.2, 0) is 72.3 Å². The second kappa shape index (κ2) is 38.6. The molecule has 92 heavy (non-hydrogen) atoms. The van der Waals surface area contributed by atoms with Crippen LogP contribution >= 0.6 is 0 Å². The van der Waals surface area contributed by atoms with E-state index in [1.165, 1.54) is 42.7 Å². The van der Waals surface area contributed by atoms with Crippen molar-refractivity contribution in [1.82, 2.24) is 29.4 Å². The van der Waals surface area contributed by atoms with E-state index in [1.54, 1.807) is 36.4 Å². The van der Waals surface area contributed by atoms with Crippen molar-refractivity contribution in [3.05, 3.63) is 140 Å². The first-order valence-corrected chi connectivity index (χ1v) is 30.5. The van der Waals surface area contributed by atoms with E-state index in [-0.39, 0.29) is 107 Å². The van der Waals surface area contributed by atoms with Crippen molar-refractivity contribution in [2.24, 2.45) is 0 Å². The summed E-state index contributed by atoms with van der Waals surface area (Å²) in [6, 6.07) is 22.2. The Bertz CT molecular complexity index is 2750. The number of methoxy groups -OCH3 is 6. The van der Waals surface area contributed by atoms with E-state index < -0.39 is 10.2 Å². The molecule has 2 aliphatic rings. The number of hydrogen-bond donors (Lipinski definition) is 0. The molecule has 0 saturated carbocycles. The van der Waals surface area contributed by atoms with Crippen LogP contribution < -0.4 is 77.7 Å². The maximum absolute atomic E-state index is 13.1. The fourth-order valence-electron chi connectivity index (χ4n) is 11.3. The second-order valence-corrected chi connectivity index (χ2v) is 23.5. The minimum absolute atomic E-state index is 0. The summed E-state index contributed by atoms with van der Waals surface area (Å²) in [5.41, 5.74) is 10.0. The van der Waals surface area contributed by atoms with E-state index in [4.69, 9.17) is 47.1 Å². The van der Waals surface area contributed by atoms with Crippen LogP contribution in [0.2, 0.25) is 0 Å². The van der Waals surface area contributed by atoms with E-state index in [2.05, 4.69) is 29.4 Å². The topological polar surface area (TPSA) is 305 Å². The summed E-state index contributed by atoms with van der Waals surface area (Å²) in [7, 11) is 4.17. The van der Waals surface area contributed by atoms with Gasteiger partial charge in [-0.2, -0.15) is 0 Å².